The highest BCUT2D eigenvalue weighted by atomic mass is 16.7. The van der Waals surface area contributed by atoms with E-state index in [1.165, 1.54) is 225 Å². The zero-order chi connectivity index (χ0) is 54.0. The number of hydrogen-bond acceptors (Lipinski definition) is 10. The molecule has 9 atom stereocenters. The van der Waals surface area contributed by atoms with E-state index in [0.717, 1.165) is 51.4 Å². The van der Waals surface area contributed by atoms with Crippen molar-refractivity contribution < 1.29 is 50.0 Å². The number of hydrogen-bond donors (Lipinski definition) is 8. The number of ether oxygens (including phenoxy) is 2. The molecular formula is C63H123NO10. The first kappa shape index (κ1) is 70.9. The van der Waals surface area contributed by atoms with Gasteiger partial charge in [0.1, 0.15) is 36.6 Å². The zero-order valence-corrected chi connectivity index (χ0v) is 48.4. The Morgan fingerprint density at radius 2 is 0.784 bits per heavy atom. The van der Waals surface area contributed by atoms with E-state index < -0.39 is 74.2 Å². The smallest absolute Gasteiger partial charge is 0.249 e. The minimum atomic E-state index is -1.66. The molecular weight excluding hydrogens is 931 g/mol. The van der Waals surface area contributed by atoms with Crippen molar-refractivity contribution in [1.29, 1.82) is 0 Å². The highest BCUT2D eigenvalue weighted by Crippen LogP contribution is 2.24. The molecule has 74 heavy (non-hydrogen) atoms. The van der Waals surface area contributed by atoms with Crippen molar-refractivity contribution in [3.05, 3.63) is 12.2 Å². The predicted octanol–water partition coefficient (Wildman–Crippen LogP) is 14.3. The van der Waals surface area contributed by atoms with Gasteiger partial charge in [0.15, 0.2) is 6.29 Å². The molecule has 8 N–H and O–H groups in total. The van der Waals surface area contributed by atoms with Crippen LogP contribution in [0.15, 0.2) is 12.2 Å². The van der Waals surface area contributed by atoms with Crippen LogP contribution in [0.4, 0.5) is 0 Å². The van der Waals surface area contributed by atoms with Gasteiger partial charge in [0.25, 0.3) is 0 Å². The third-order valence-corrected chi connectivity index (χ3v) is 15.8. The Balaban J connectivity index is 2.21. The van der Waals surface area contributed by atoms with Crippen LogP contribution in [0.1, 0.15) is 316 Å². The summed E-state index contributed by atoms with van der Waals surface area (Å²) in [7, 11) is 0. The van der Waals surface area contributed by atoms with Gasteiger partial charge in [-0.25, -0.2) is 0 Å². The van der Waals surface area contributed by atoms with E-state index in [1.807, 2.05) is 0 Å². The Labute approximate surface area is 455 Å². The monoisotopic (exact) mass is 1050 g/mol. The van der Waals surface area contributed by atoms with E-state index >= 15 is 0 Å². The van der Waals surface area contributed by atoms with Gasteiger partial charge in [-0.1, -0.05) is 289 Å². The molecule has 11 heteroatoms. The quantitative estimate of drug-likeness (QED) is 0.0215. The topological polar surface area (TPSA) is 189 Å². The van der Waals surface area contributed by atoms with Crippen LogP contribution in [0.5, 0.6) is 0 Å². The second-order valence-corrected chi connectivity index (χ2v) is 22.8. The third-order valence-electron chi connectivity index (χ3n) is 15.8. The number of amides is 1. The summed E-state index contributed by atoms with van der Waals surface area (Å²) in [4.78, 5) is 13.2. The summed E-state index contributed by atoms with van der Waals surface area (Å²) in [6.07, 6.45) is 51.4. The average Bonchev–Trinajstić information content (AvgIpc) is 3.40. The van der Waals surface area contributed by atoms with Gasteiger partial charge in [0.05, 0.1) is 25.4 Å². The Hall–Kier alpha value is -1.15. The molecule has 0 bridgehead atoms. The molecule has 0 radical (unpaired) electrons. The van der Waals surface area contributed by atoms with Gasteiger partial charge in [-0.15, -0.1) is 0 Å². The molecule has 0 aromatic rings. The Kier molecular flexibility index (Phi) is 50.3. The first-order valence-electron chi connectivity index (χ1n) is 32.1. The highest BCUT2D eigenvalue weighted by Gasteiger charge is 2.44. The second-order valence-electron chi connectivity index (χ2n) is 22.8. The molecule has 440 valence electrons. The molecule has 1 rings (SSSR count). The lowest BCUT2D eigenvalue weighted by atomic mass is 9.98. The van der Waals surface area contributed by atoms with Crippen LogP contribution in [-0.2, 0) is 14.3 Å². The third kappa shape index (κ3) is 40.1. The molecule has 1 aliphatic heterocycles. The largest absolute Gasteiger partial charge is 0.394 e. The van der Waals surface area contributed by atoms with E-state index in [2.05, 4.69) is 31.3 Å². The van der Waals surface area contributed by atoms with Crippen LogP contribution in [0.2, 0.25) is 0 Å². The Morgan fingerprint density at radius 1 is 0.459 bits per heavy atom. The molecule has 9 unspecified atom stereocenters. The van der Waals surface area contributed by atoms with E-state index in [9.17, 15) is 40.5 Å². The molecule has 0 spiro atoms. The standard InChI is InChI=1S/C63H123NO10/c1-3-5-7-9-11-13-15-17-19-21-22-23-24-25-26-27-28-29-30-31-32-33-35-36-38-40-42-44-46-48-50-55(66)58(68)54(53-73-63-61(71)60(70)59(69)57(52-65)74-63)64-62(72)56(67)51-49-47-45-43-41-39-37-34-20-18-16-14-12-10-8-6-4-2/h37,39,54-61,63,65-71H,3-36,38,40-53H2,1-2H3,(H,64,72)/b39-37-. The maximum Gasteiger partial charge on any atom is 0.249 e. The number of unbranched alkanes of at least 4 members (excludes halogenated alkanes) is 42. The number of carbonyl (C=O) groups is 1. The number of allylic oxidation sites excluding steroid dienone is 2. The number of rotatable bonds is 56. The average molecular weight is 1050 g/mol. The predicted molar refractivity (Wildman–Crippen MR) is 307 cm³/mol. The van der Waals surface area contributed by atoms with Crippen molar-refractivity contribution in [3.8, 4) is 0 Å². The maximum atomic E-state index is 13.2. The van der Waals surface area contributed by atoms with Crippen molar-refractivity contribution >= 4 is 5.91 Å². The van der Waals surface area contributed by atoms with E-state index in [0.29, 0.717) is 19.3 Å². The van der Waals surface area contributed by atoms with E-state index in [-0.39, 0.29) is 6.42 Å². The minimum Gasteiger partial charge on any atom is -0.394 e. The maximum absolute atomic E-state index is 13.2. The van der Waals surface area contributed by atoms with Crippen LogP contribution < -0.4 is 5.32 Å². The molecule has 0 saturated carbocycles. The highest BCUT2D eigenvalue weighted by molar-refractivity contribution is 5.80. The van der Waals surface area contributed by atoms with Crippen molar-refractivity contribution in [2.75, 3.05) is 13.2 Å². The number of nitrogens with one attached hydrogen (secondary N) is 1. The van der Waals surface area contributed by atoms with Gasteiger partial charge < -0.3 is 50.5 Å². The van der Waals surface area contributed by atoms with Crippen LogP contribution in [0.3, 0.4) is 0 Å². The van der Waals surface area contributed by atoms with Crippen LogP contribution in [0, 0.1) is 0 Å². The van der Waals surface area contributed by atoms with E-state index in [1.54, 1.807) is 0 Å². The summed E-state index contributed by atoms with van der Waals surface area (Å²) in [5, 5.41) is 76.3. The molecule has 0 aromatic carbocycles. The summed E-state index contributed by atoms with van der Waals surface area (Å²) in [6, 6.07) is -1.17. The first-order valence-corrected chi connectivity index (χ1v) is 32.1. The lowest BCUT2D eigenvalue weighted by molar-refractivity contribution is -0.303. The number of aliphatic hydroxyl groups is 7. The molecule has 1 heterocycles. The van der Waals surface area contributed by atoms with Gasteiger partial charge in [0, 0.05) is 0 Å². The molecule has 1 fully saturated rings. The zero-order valence-electron chi connectivity index (χ0n) is 48.4. The second kappa shape index (κ2) is 52.5. The first-order chi connectivity index (χ1) is 36.2. The van der Waals surface area contributed by atoms with Gasteiger partial charge in [-0.05, 0) is 38.5 Å². The summed E-state index contributed by atoms with van der Waals surface area (Å²) >= 11 is 0. The molecule has 1 saturated heterocycles. The lowest BCUT2D eigenvalue weighted by Crippen LogP contribution is -2.60. The van der Waals surface area contributed by atoms with Gasteiger partial charge >= 0.3 is 0 Å². The van der Waals surface area contributed by atoms with Crippen molar-refractivity contribution in [1.82, 2.24) is 5.32 Å². The Bertz CT molecular complexity index is 1210. The molecule has 0 aliphatic carbocycles. The summed E-state index contributed by atoms with van der Waals surface area (Å²) in [5.74, 6) is -0.700. The van der Waals surface area contributed by atoms with Crippen LogP contribution >= 0.6 is 0 Å². The van der Waals surface area contributed by atoms with Crippen molar-refractivity contribution in [3.63, 3.8) is 0 Å². The van der Waals surface area contributed by atoms with Crippen molar-refractivity contribution in [2.24, 2.45) is 0 Å². The Morgan fingerprint density at radius 3 is 1.14 bits per heavy atom. The minimum absolute atomic E-state index is 0.249. The number of carbonyl (C=O) groups excluding carboxylic acids is 1. The fourth-order valence-electron chi connectivity index (χ4n) is 10.6. The SMILES string of the molecule is CCCCCCCCCCC/C=C\CCCCCCC(O)C(=O)NC(COC1OC(CO)C(O)C(O)C1O)C(O)C(O)CCCCCCCCCCCCCCCCCCCCCCCCCCCCCCCC. The van der Waals surface area contributed by atoms with Crippen LogP contribution in [0.25, 0.3) is 0 Å². The van der Waals surface area contributed by atoms with Gasteiger partial charge in [0.2, 0.25) is 5.91 Å². The summed E-state index contributed by atoms with van der Waals surface area (Å²) in [5.41, 5.74) is 0. The molecule has 11 nitrogen and oxygen atoms in total. The molecule has 0 aromatic heterocycles. The summed E-state index contributed by atoms with van der Waals surface area (Å²) < 4.78 is 11.2. The molecule has 1 aliphatic rings. The van der Waals surface area contributed by atoms with E-state index in [4.69, 9.17) is 9.47 Å². The van der Waals surface area contributed by atoms with Crippen LogP contribution in [-0.4, -0.2) is 110 Å². The normalized spacial score (nSPS) is 19.8. The van der Waals surface area contributed by atoms with Gasteiger partial charge in [-0.2, -0.15) is 0 Å². The van der Waals surface area contributed by atoms with Gasteiger partial charge in [-0.3, -0.25) is 4.79 Å². The molecule has 1 amide bonds. The lowest BCUT2D eigenvalue weighted by Gasteiger charge is -2.40. The summed E-state index contributed by atoms with van der Waals surface area (Å²) in [6.45, 7) is 3.49. The van der Waals surface area contributed by atoms with Crippen molar-refractivity contribution in [2.45, 2.75) is 371 Å². The fraction of sp³-hybridized carbons (Fsp3) is 0.952. The number of aliphatic hydroxyl groups excluding tert-OH is 7. The fourth-order valence-corrected chi connectivity index (χ4v) is 10.6.